The summed E-state index contributed by atoms with van der Waals surface area (Å²) < 4.78 is 12.0. The van der Waals surface area contributed by atoms with Gasteiger partial charge in [0.2, 0.25) is 0 Å². The maximum absolute atomic E-state index is 6.03. The zero-order valence-corrected chi connectivity index (χ0v) is 16.8. The predicted molar refractivity (Wildman–Crippen MR) is 108 cm³/mol. The fourth-order valence-corrected chi connectivity index (χ4v) is 3.36. The molecule has 1 unspecified atom stereocenters. The van der Waals surface area contributed by atoms with Gasteiger partial charge in [0.15, 0.2) is 0 Å². The molecule has 3 heteroatoms. The molecule has 0 aliphatic heterocycles. The minimum atomic E-state index is 0.0658. The summed E-state index contributed by atoms with van der Waals surface area (Å²) in [5, 5.41) is 0. The summed E-state index contributed by atoms with van der Waals surface area (Å²) in [5.41, 5.74) is 2.62. The molecule has 0 heterocycles. The van der Waals surface area contributed by atoms with Crippen molar-refractivity contribution in [3.63, 3.8) is 0 Å². The lowest BCUT2D eigenvalue weighted by molar-refractivity contribution is -0.00354. The number of aryl methyl sites for hydroxylation is 1. The second kappa shape index (κ2) is 9.88. The highest BCUT2D eigenvalue weighted by atomic mass is 32.2. The zero-order chi connectivity index (χ0) is 18.2. The fraction of sp³-hybridized carbons (Fsp3) is 0.455. The quantitative estimate of drug-likeness (QED) is 0.506. The summed E-state index contributed by atoms with van der Waals surface area (Å²) in [4.78, 5) is 1.27. The van der Waals surface area contributed by atoms with E-state index in [4.69, 9.17) is 9.47 Å². The highest BCUT2D eigenvalue weighted by Crippen LogP contribution is 2.22. The Morgan fingerprint density at radius 3 is 2.08 bits per heavy atom. The second-order valence-corrected chi connectivity index (χ2v) is 8.06. The molecular weight excluding hydrogens is 328 g/mol. The molecule has 0 aliphatic rings. The molecule has 0 spiro atoms. The molecule has 0 radical (unpaired) electrons. The van der Waals surface area contributed by atoms with Gasteiger partial charge >= 0.3 is 0 Å². The third-order valence-corrected chi connectivity index (χ3v) is 5.05. The summed E-state index contributed by atoms with van der Waals surface area (Å²) in [6.07, 6.45) is 0.256. The van der Waals surface area contributed by atoms with Crippen molar-refractivity contribution < 1.29 is 9.47 Å². The van der Waals surface area contributed by atoms with Crippen LogP contribution in [0.5, 0.6) is 5.75 Å². The van der Waals surface area contributed by atoms with E-state index in [9.17, 15) is 0 Å². The normalized spacial score (nSPS) is 12.6. The molecular formula is C22H30O2S. The molecule has 2 aromatic rings. The van der Waals surface area contributed by atoms with Gasteiger partial charge in [0.05, 0.1) is 6.10 Å². The van der Waals surface area contributed by atoms with Crippen LogP contribution in [0.2, 0.25) is 0 Å². The smallest absolute Gasteiger partial charge is 0.119 e. The Balaban J connectivity index is 1.89. The van der Waals surface area contributed by atoms with Gasteiger partial charge in [0, 0.05) is 10.6 Å². The Kier molecular flexibility index (Phi) is 7.86. The van der Waals surface area contributed by atoms with E-state index in [1.165, 1.54) is 16.0 Å². The van der Waals surface area contributed by atoms with Gasteiger partial charge in [-0.2, -0.15) is 0 Å². The lowest BCUT2D eigenvalue weighted by Crippen LogP contribution is -2.27. The average molecular weight is 359 g/mol. The van der Waals surface area contributed by atoms with Crippen LogP contribution in [-0.4, -0.2) is 24.6 Å². The summed E-state index contributed by atoms with van der Waals surface area (Å²) >= 11 is 1.82. The Morgan fingerprint density at radius 2 is 1.52 bits per heavy atom. The number of rotatable bonds is 9. The predicted octanol–water partition coefficient (Wildman–Crippen LogP) is 6.08. The van der Waals surface area contributed by atoms with E-state index in [0.717, 1.165) is 11.5 Å². The molecule has 0 amide bonds. The van der Waals surface area contributed by atoms with Crippen LogP contribution in [0.4, 0.5) is 0 Å². The monoisotopic (exact) mass is 358 g/mol. The van der Waals surface area contributed by atoms with E-state index in [1.807, 2.05) is 11.8 Å². The second-order valence-electron chi connectivity index (χ2n) is 6.97. The van der Waals surface area contributed by atoms with E-state index >= 15 is 0 Å². The van der Waals surface area contributed by atoms with Crippen LogP contribution >= 0.6 is 11.8 Å². The van der Waals surface area contributed by atoms with Gasteiger partial charge in [0.1, 0.15) is 18.5 Å². The Labute approximate surface area is 156 Å². The lowest BCUT2D eigenvalue weighted by atomic mass is 10.0. The average Bonchev–Trinajstić information content (AvgIpc) is 2.58. The van der Waals surface area contributed by atoms with Crippen LogP contribution in [0.15, 0.2) is 53.4 Å². The van der Waals surface area contributed by atoms with Crippen molar-refractivity contribution in [2.24, 2.45) is 0 Å². The Hall–Kier alpha value is -1.45. The first-order valence-electron chi connectivity index (χ1n) is 9.01. The third-order valence-electron chi connectivity index (χ3n) is 3.90. The van der Waals surface area contributed by atoms with Gasteiger partial charge in [-0.3, -0.25) is 0 Å². The first kappa shape index (κ1) is 19.9. The van der Waals surface area contributed by atoms with Crippen LogP contribution in [0.25, 0.3) is 0 Å². The van der Waals surface area contributed by atoms with Crippen molar-refractivity contribution in [1.82, 2.24) is 0 Å². The van der Waals surface area contributed by atoms with Crippen molar-refractivity contribution in [2.75, 3.05) is 12.4 Å². The number of hydrogen-bond donors (Lipinski definition) is 0. The third kappa shape index (κ3) is 7.13. The standard InChI is InChI=1S/C22H30O2S/c1-16(2)19-8-10-20(11-9-19)23-14-21(24-17(3)4)15-25-22-12-6-18(5)7-13-22/h6-13,16-17,21H,14-15H2,1-5H3. The number of benzene rings is 2. The van der Waals surface area contributed by atoms with Crippen LogP contribution in [-0.2, 0) is 4.74 Å². The molecule has 0 fully saturated rings. The van der Waals surface area contributed by atoms with Crippen molar-refractivity contribution in [3.8, 4) is 5.75 Å². The molecule has 0 bridgehead atoms. The molecule has 0 saturated heterocycles. The molecule has 0 aliphatic carbocycles. The summed E-state index contributed by atoms with van der Waals surface area (Å²) in [6.45, 7) is 11.2. The van der Waals surface area contributed by atoms with Gasteiger partial charge < -0.3 is 9.47 Å². The highest BCUT2D eigenvalue weighted by molar-refractivity contribution is 7.99. The van der Waals surface area contributed by atoms with Crippen LogP contribution in [0, 0.1) is 6.92 Å². The molecule has 0 saturated carbocycles. The number of hydrogen-bond acceptors (Lipinski definition) is 3. The van der Waals surface area contributed by atoms with Crippen molar-refractivity contribution in [1.29, 1.82) is 0 Å². The van der Waals surface area contributed by atoms with E-state index in [2.05, 4.69) is 83.1 Å². The van der Waals surface area contributed by atoms with Gasteiger partial charge in [-0.25, -0.2) is 0 Å². The molecule has 2 nitrogen and oxygen atoms in total. The van der Waals surface area contributed by atoms with E-state index < -0.39 is 0 Å². The minimum Gasteiger partial charge on any atom is -0.491 e. The van der Waals surface area contributed by atoms with Crippen molar-refractivity contribution >= 4 is 11.8 Å². The van der Waals surface area contributed by atoms with Crippen molar-refractivity contribution in [3.05, 3.63) is 59.7 Å². The molecule has 136 valence electrons. The van der Waals surface area contributed by atoms with Crippen LogP contribution < -0.4 is 4.74 Å². The SMILES string of the molecule is Cc1ccc(SCC(COc2ccc(C(C)C)cc2)OC(C)C)cc1. The maximum atomic E-state index is 6.03. The van der Waals surface area contributed by atoms with E-state index in [-0.39, 0.29) is 12.2 Å². The van der Waals surface area contributed by atoms with E-state index in [0.29, 0.717) is 12.5 Å². The van der Waals surface area contributed by atoms with Crippen molar-refractivity contribution in [2.45, 2.75) is 57.6 Å². The van der Waals surface area contributed by atoms with Gasteiger partial charge in [-0.1, -0.05) is 43.7 Å². The topological polar surface area (TPSA) is 18.5 Å². The molecule has 25 heavy (non-hydrogen) atoms. The molecule has 0 aromatic heterocycles. The first-order chi connectivity index (χ1) is 11.9. The summed E-state index contributed by atoms with van der Waals surface area (Å²) in [7, 11) is 0. The fourth-order valence-electron chi connectivity index (χ4n) is 2.47. The number of thioether (sulfide) groups is 1. The van der Waals surface area contributed by atoms with Gasteiger partial charge in [-0.15, -0.1) is 11.8 Å². The van der Waals surface area contributed by atoms with Gasteiger partial charge in [-0.05, 0) is 56.5 Å². The Morgan fingerprint density at radius 1 is 0.880 bits per heavy atom. The summed E-state index contributed by atoms with van der Waals surface area (Å²) in [5.74, 6) is 2.32. The Bertz CT molecular complexity index is 617. The molecule has 2 rings (SSSR count). The maximum Gasteiger partial charge on any atom is 0.119 e. The van der Waals surface area contributed by atoms with Gasteiger partial charge in [0.25, 0.3) is 0 Å². The molecule has 0 N–H and O–H groups in total. The van der Waals surface area contributed by atoms with Crippen LogP contribution in [0.3, 0.4) is 0 Å². The first-order valence-corrected chi connectivity index (χ1v) is 10.00. The molecule has 2 aromatic carbocycles. The highest BCUT2D eigenvalue weighted by Gasteiger charge is 2.13. The number of ether oxygens (including phenoxy) is 2. The molecule has 1 atom stereocenters. The largest absolute Gasteiger partial charge is 0.491 e. The summed E-state index contributed by atoms with van der Waals surface area (Å²) in [6, 6.07) is 17.0. The van der Waals surface area contributed by atoms with E-state index in [1.54, 1.807) is 0 Å². The zero-order valence-electron chi connectivity index (χ0n) is 16.0. The lowest BCUT2D eigenvalue weighted by Gasteiger charge is -2.21. The minimum absolute atomic E-state index is 0.0658. The van der Waals surface area contributed by atoms with Crippen LogP contribution in [0.1, 0.15) is 44.7 Å².